The fourth-order valence-electron chi connectivity index (χ4n) is 8.41. The first-order valence-electron chi connectivity index (χ1n) is 19.0. The molecule has 0 unspecified atom stereocenters. The molecule has 0 amide bonds. The van der Waals surface area contributed by atoms with Gasteiger partial charge in [0, 0.05) is 73.5 Å². The molecule has 0 saturated heterocycles. The van der Waals surface area contributed by atoms with Crippen LogP contribution >= 0.6 is 22.7 Å². The number of thiophene rings is 2. The Hall–Kier alpha value is -6.99. The Morgan fingerprint density at radius 3 is 1.60 bits per heavy atom. The molecule has 8 aromatic carbocycles. The van der Waals surface area contributed by atoms with Crippen molar-refractivity contribution in [1.29, 1.82) is 0 Å². The highest BCUT2D eigenvalue weighted by atomic mass is 32.1. The smallest absolute Gasteiger partial charge is 0.164 e. The standard InChI is InChI=1S/C51H30N4S2/c1-3-13-31(14-4-1)49-52-50(32-15-5-2-6-16-32)54-51(53-49)41-29-35(30-47-48(41)38-19-9-12-22-45(38)57-47)55-42-20-10-7-17-36(42)39-27-33(23-25-43(39)55)34-24-26-46-40(28-34)37-18-8-11-21-44(37)56-46/h1-30H. The summed E-state index contributed by atoms with van der Waals surface area (Å²) in [5.41, 5.74) is 8.68. The van der Waals surface area contributed by atoms with Crippen molar-refractivity contribution in [2.24, 2.45) is 0 Å². The van der Waals surface area contributed by atoms with Crippen LogP contribution in [0, 0.1) is 0 Å². The monoisotopic (exact) mass is 762 g/mol. The maximum atomic E-state index is 5.24. The second kappa shape index (κ2) is 12.8. The van der Waals surface area contributed by atoms with E-state index in [1.165, 1.54) is 56.9 Å². The number of hydrogen-bond acceptors (Lipinski definition) is 5. The van der Waals surface area contributed by atoms with E-state index in [1.54, 1.807) is 0 Å². The highest BCUT2D eigenvalue weighted by Gasteiger charge is 2.21. The number of rotatable bonds is 5. The zero-order valence-corrected chi connectivity index (χ0v) is 32.1. The molecular weight excluding hydrogens is 733 g/mol. The van der Waals surface area contributed by atoms with Gasteiger partial charge in [0.05, 0.1) is 11.0 Å². The normalized spacial score (nSPS) is 11.9. The van der Waals surface area contributed by atoms with Gasteiger partial charge in [-0.05, 0) is 65.7 Å². The Balaban J connectivity index is 1.10. The maximum absolute atomic E-state index is 5.24. The van der Waals surface area contributed by atoms with Crippen LogP contribution in [0.2, 0.25) is 0 Å². The van der Waals surface area contributed by atoms with Crippen molar-refractivity contribution in [1.82, 2.24) is 19.5 Å². The van der Waals surface area contributed by atoms with Gasteiger partial charge >= 0.3 is 0 Å². The van der Waals surface area contributed by atoms with Crippen molar-refractivity contribution in [3.8, 4) is 51.0 Å². The summed E-state index contributed by atoms with van der Waals surface area (Å²) in [7, 11) is 0. The van der Waals surface area contributed by atoms with Crippen molar-refractivity contribution in [3.05, 3.63) is 182 Å². The number of benzene rings is 8. The summed E-state index contributed by atoms with van der Waals surface area (Å²) in [6.45, 7) is 0. The van der Waals surface area contributed by atoms with Crippen LogP contribution in [0.5, 0.6) is 0 Å². The van der Waals surface area contributed by atoms with Crippen molar-refractivity contribution < 1.29 is 0 Å². The van der Waals surface area contributed by atoms with Gasteiger partial charge in [-0.2, -0.15) is 0 Å². The number of para-hydroxylation sites is 1. The van der Waals surface area contributed by atoms with Crippen LogP contribution in [0.15, 0.2) is 182 Å². The quantitative estimate of drug-likeness (QED) is 0.175. The third-order valence-corrected chi connectivity index (χ3v) is 13.3. The predicted octanol–water partition coefficient (Wildman–Crippen LogP) is 14.4. The molecule has 0 spiro atoms. The molecule has 4 heterocycles. The number of hydrogen-bond donors (Lipinski definition) is 0. The van der Waals surface area contributed by atoms with E-state index in [0.29, 0.717) is 17.5 Å². The van der Waals surface area contributed by atoms with E-state index in [4.69, 9.17) is 15.0 Å². The summed E-state index contributed by atoms with van der Waals surface area (Å²) < 4.78 is 7.46. The number of fused-ring (bicyclic) bond motifs is 9. The second-order valence-corrected chi connectivity index (χ2v) is 16.6. The minimum absolute atomic E-state index is 0.649. The molecule has 57 heavy (non-hydrogen) atoms. The van der Waals surface area contributed by atoms with Gasteiger partial charge in [-0.25, -0.2) is 15.0 Å². The molecule has 4 aromatic heterocycles. The fraction of sp³-hybridized carbons (Fsp3) is 0. The van der Waals surface area contributed by atoms with Crippen LogP contribution in [0.3, 0.4) is 0 Å². The Kier molecular flexibility index (Phi) is 7.24. The molecule has 0 fully saturated rings. The Morgan fingerprint density at radius 1 is 0.333 bits per heavy atom. The summed E-state index contributed by atoms with van der Waals surface area (Å²) in [5, 5.41) is 7.41. The van der Waals surface area contributed by atoms with Gasteiger partial charge < -0.3 is 4.57 Å². The Labute approximate surface area is 335 Å². The van der Waals surface area contributed by atoms with Crippen LogP contribution in [0.25, 0.3) is 113 Å². The molecule has 0 bridgehead atoms. The molecule has 4 nitrogen and oxygen atoms in total. The highest BCUT2D eigenvalue weighted by molar-refractivity contribution is 7.26. The largest absolute Gasteiger partial charge is 0.309 e. The zero-order valence-electron chi connectivity index (χ0n) is 30.4. The van der Waals surface area contributed by atoms with Gasteiger partial charge in [0.1, 0.15) is 0 Å². The van der Waals surface area contributed by atoms with E-state index in [9.17, 15) is 0 Å². The van der Waals surface area contributed by atoms with Gasteiger partial charge in [-0.3, -0.25) is 0 Å². The third kappa shape index (κ3) is 5.22. The average molecular weight is 763 g/mol. The Morgan fingerprint density at radius 2 is 0.860 bits per heavy atom. The molecule has 6 heteroatoms. The summed E-state index contributed by atoms with van der Waals surface area (Å²) in [6, 6.07) is 65.0. The summed E-state index contributed by atoms with van der Waals surface area (Å²) in [5.74, 6) is 1.95. The first kappa shape index (κ1) is 32.3. The van der Waals surface area contributed by atoms with Crippen molar-refractivity contribution in [2.75, 3.05) is 0 Å². The molecule has 12 rings (SSSR count). The molecule has 0 saturated carbocycles. The minimum Gasteiger partial charge on any atom is -0.309 e. The first-order valence-corrected chi connectivity index (χ1v) is 20.6. The van der Waals surface area contributed by atoms with E-state index >= 15 is 0 Å². The lowest BCUT2D eigenvalue weighted by Crippen LogP contribution is -2.01. The molecule has 0 N–H and O–H groups in total. The highest BCUT2D eigenvalue weighted by Crippen LogP contribution is 2.44. The molecular formula is C51H30N4S2. The third-order valence-electron chi connectivity index (χ3n) is 11.0. The molecule has 0 radical (unpaired) electrons. The lowest BCUT2D eigenvalue weighted by molar-refractivity contribution is 1.07. The topological polar surface area (TPSA) is 43.6 Å². The van der Waals surface area contributed by atoms with E-state index in [1.807, 2.05) is 59.1 Å². The molecule has 0 aliphatic rings. The average Bonchev–Trinajstić information content (AvgIpc) is 3.95. The molecule has 266 valence electrons. The van der Waals surface area contributed by atoms with Gasteiger partial charge in [-0.15, -0.1) is 22.7 Å². The molecule has 12 aromatic rings. The van der Waals surface area contributed by atoms with Gasteiger partial charge in [0.2, 0.25) is 0 Å². The Bertz CT molecular complexity index is 3470. The number of nitrogens with zero attached hydrogens (tertiary/aromatic N) is 4. The lowest BCUT2D eigenvalue weighted by atomic mass is 10.0. The lowest BCUT2D eigenvalue weighted by Gasteiger charge is -2.13. The van der Waals surface area contributed by atoms with Crippen molar-refractivity contribution >= 4 is 84.8 Å². The van der Waals surface area contributed by atoms with Gasteiger partial charge in [0.25, 0.3) is 0 Å². The maximum Gasteiger partial charge on any atom is 0.164 e. The molecule has 0 atom stereocenters. The summed E-state index contributed by atoms with van der Waals surface area (Å²) in [6.07, 6.45) is 0. The minimum atomic E-state index is 0.649. The van der Waals surface area contributed by atoms with Crippen molar-refractivity contribution in [3.63, 3.8) is 0 Å². The molecule has 0 aliphatic carbocycles. The second-order valence-electron chi connectivity index (χ2n) is 14.4. The van der Waals surface area contributed by atoms with Crippen molar-refractivity contribution in [2.45, 2.75) is 0 Å². The SMILES string of the molecule is c1ccc(-c2nc(-c3ccccc3)nc(-c3cc(-n4c5ccccc5c5cc(-c6ccc7sc8ccccc8c7c6)ccc54)cc4sc5ccccc5c34)n2)cc1. The van der Waals surface area contributed by atoms with E-state index in [2.05, 4.69) is 150 Å². The first-order chi connectivity index (χ1) is 28.2. The fourth-order valence-corrected chi connectivity index (χ4v) is 10.7. The van der Waals surface area contributed by atoms with Crippen LogP contribution in [-0.4, -0.2) is 19.5 Å². The molecule has 0 aliphatic heterocycles. The van der Waals surface area contributed by atoms with Gasteiger partial charge in [0.15, 0.2) is 17.5 Å². The zero-order chi connectivity index (χ0) is 37.5. The van der Waals surface area contributed by atoms with E-state index < -0.39 is 0 Å². The van der Waals surface area contributed by atoms with E-state index in [-0.39, 0.29) is 0 Å². The van der Waals surface area contributed by atoms with Crippen LogP contribution < -0.4 is 0 Å². The predicted molar refractivity (Wildman–Crippen MR) is 242 cm³/mol. The van der Waals surface area contributed by atoms with E-state index in [0.717, 1.165) is 38.8 Å². The summed E-state index contributed by atoms with van der Waals surface area (Å²) in [4.78, 5) is 15.5. The van der Waals surface area contributed by atoms with Crippen LogP contribution in [-0.2, 0) is 0 Å². The van der Waals surface area contributed by atoms with Crippen LogP contribution in [0.4, 0.5) is 0 Å². The number of aromatic nitrogens is 4. The van der Waals surface area contributed by atoms with Crippen LogP contribution in [0.1, 0.15) is 0 Å². The summed E-state index contributed by atoms with van der Waals surface area (Å²) >= 11 is 3.67. The van der Waals surface area contributed by atoms with Gasteiger partial charge in [-0.1, -0.05) is 127 Å².